The highest BCUT2D eigenvalue weighted by molar-refractivity contribution is 5.11. The Kier molecular flexibility index (Phi) is 3.88. The standard InChI is InChI=1S/C14H21N3O/c1-2-13(10-15-12-4-5-12)16-14(3-1)11-17-6-8-18-9-7-17/h1-3,12,15H,4-11H2. The van der Waals surface area contributed by atoms with E-state index in [0.717, 1.165) is 51.1 Å². The first kappa shape index (κ1) is 12.1. The molecule has 2 aliphatic rings. The molecule has 0 amide bonds. The molecule has 0 atom stereocenters. The number of nitrogens with zero attached hydrogens (tertiary/aromatic N) is 2. The molecular weight excluding hydrogens is 226 g/mol. The Bertz CT molecular complexity index is 386. The summed E-state index contributed by atoms with van der Waals surface area (Å²) in [7, 11) is 0. The number of hydrogen-bond donors (Lipinski definition) is 1. The molecule has 1 N–H and O–H groups in total. The fraction of sp³-hybridized carbons (Fsp3) is 0.643. The topological polar surface area (TPSA) is 37.4 Å². The van der Waals surface area contributed by atoms with Crippen LogP contribution < -0.4 is 5.32 Å². The van der Waals surface area contributed by atoms with E-state index in [1.807, 2.05) is 0 Å². The van der Waals surface area contributed by atoms with Gasteiger partial charge in [0.1, 0.15) is 0 Å². The molecular formula is C14H21N3O. The molecule has 0 bridgehead atoms. The molecule has 18 heavy (non-hydrogen) atoms. The molecule has 1 aliphatic heterocycles. The minimum atomic E-state index is 0.745. The molecule has 4 heteroatoms. The van der Waals surface area contributed by atoms with Gasteiger partial charge in [-0.3, -0.25) is 9.88 Å². The van der Waals surface area contributed by atoms with Crippen LogP contribution in [0, 0.1) is 0 Å². The van der Waals surface area contributed by atoms with Crippen LogP contribution in [0.5, 0.6) is 0 Å². The van der Waals surface area contributed by atoms with Crippen molar-refractivity contribution in [2.45, 2.75) is 32.0 Å². The van der Waals surface area contributed by atoms with Crippen molar-refractivity contribution < 1.29 is 4.74 Å². The first-order valence-electron chi connectivity index (χ1n) is 6.88. The SMILES string of the molecule is c1cc(CNC2CC2)nc(CN2CCOCC2)c1. The van der Waals surface area contributed by atoms with Crippen LogP contribution in [0.15, 0.2) is 18.2 Å². The zero-order valence-corrected chi connectivity index (χ0v) is 10.8. The minimum absolute atomic E-state index is 0.745. The second-order valence-corrected chi connectivity index (χ2v) is 5.16. The van der Waals surface area contributed by atoms with E-state index in [9.17, 15) is 0 Å². The number of aromatic nitrogens is 1. The third-order valence-corrected chi connectivity index (χ3v) is 3.50. The predicted octanol–water partition coefficient (Wildman–Crippen LogP) is 1.17. The molecule has 1 saturated heterocycles. The summed E-state index contributed by atoms with van der Waals surface area (Å²) < 4.78 is 5.36. The minimum Gasteiger partial charge on any atom is -0.379 e. The molecule has 2 fully saturated rings. The van der Waals surface area contributed by atoms with Gasteiger partial charge in [-0.25, -0.2) is 0 Å². The van der Waals surface area contributed by atoms with E-state index < -0.39 is 0 Å². The van der Waals surface area contributed by atoms with Crippen LogP contribution in [-0.2, 0) is 17.8 Å². The lowest BCUT2D eigenvalue weighted by Crippen LogP contribution is -2.35. The van der Waals surface area contributed by atoms with Crippen molar-refractivity contribution in [2.24, 2.45) is 0 Å². The molecule has 3 rings (SSSR count). The second kappa shape index (κ2) is 5.78. The third-order valence-electron chi connectivity index (χ3n) is 3.50. The summed E-state index contributed by atoms with van der Waals surface area (Å²) in [4.78, 5) is 7.13. The molecule has 1 aromatic rings. The first-order valence-corrected chi connectivity index (χ1v) is 6.88. The van der Waals surface area contributed by atoms with E-state index in [4.69, 9.17) is 9.72 Å². The monoisotopic (exact) mass is 247 g/mol. The molecule has 98 valence electrons. The molecule has 0 radical (unpaired) electrons. The summed E-state index contributed by atoms with van der Waals surface area (Å²) in [6, 6.07) is 7.09. The van der Waals surface area contributed by atoms with Crippen LogP contribution in [0.4, 0.5) is 0 Å². The Morgan fingerprint density at radius 3 is 2.78 bits per heavy atom. The zero-order chi connectivity index (χ0) is 12.2. The van der Waals surface area contributed by atoms with E-state index in [1.54, 1.807) is 0 Å². The summed E-state index contributed by atoms with van der Waals surface area (Å²) in [5.41, 5.74) is 2.33. The maximum absolute atomic E-state index is 5.36. The van der Waals surface area contributed by atoms with Crippen LogP contribution in [0.1, 0.15) is 24.2 Å². The summed E-state index contributed by atoms with van der Waals surface area (Å²) in [5, 5.41) is 3.51. The lowest BCUT2D eigenvalue weighted by molar-refractivity contribution is 0.0336. The number of ether oxygens (including phenoxy) is 1. The Balaban J connectivity index is 1.55. The van der Waals surface area contributed by atoms with Gasteiger partial charge in [-0.05, 0) is 25.0 Å². The molecule has 0 aromatic carbocycles. The Morgan fingerprint density at radius 2 is 2.00 bits per heavy atom. The van der Waals surface area contributed by atoms with Gasteiger partial charge < -0.3 is 10.1 Å². The van der Waals surface area contributed by atoms with E-state index in [1.165, 1.54) is 18.5 Å². The average Bonchev–Trinajstić information content (AvgIpc) is 3.22. The molecule has 1 aliphatic carbocycles. The number of rotatable bonds is 5. The quantitative estimate of drug-likeness (QED) is 0.847. The van der Waals surface area contributed by atoms with Gasteiger partial charge in [-0.1, -0.05) is 6.07 Å². The third kappa shape index (κ3) is 3.51. The Morgan fingerprint density at radius 1 is 1.22 bits per heavy atom. The second-order valence-electron chi connectivity index (χ2n) is 5.16. The zero-order valence-electron chi connectivity index (χ0n) is 10.8. The predicted molar refractivity (Wildman–Crippen MR) is 70.2 cm³/mol. The lowest BCUT2D eigenvalue weighted by Gasteiger charge is -2.26. The highest BCUT2D eigenvalue weighted by Crippen LogP contribution is 2.19. The molecule has 1 saturated carbocycles. The van der Waals surface area contributed by atoms with Crippen LogP contribution >= 0.6 is 0 Å². The van der Waals surface area contributed by atoms with Gasteiger partial charge in [0.15, 0.2) is 0 Å². The number of pyridine rings is 1. The van der Waals surface area contributed by atoms with Crippen LogP contribution in [0.2, 0.25) is 0 Å². The normalized spacial score (nSPS) is 21.1. The lowest BCUT2D eigenvalue weighted by atomic mass is 10.2. The van der Waals surface area contributed by atoms with Crippen LogP contribution in [-0.4, -0.2) is 42.2 Å². The van der Waals surface area contributed by atoms with Crippen molar-refractivity contribution >= 4 is 0 Å². The fourth-order valence-corrected chi connectivity index (χ4v) is 2.24. The van der Waals surface area contributed by atoms with Gasteiger partial charge in [-0.2, -0.15) is 0 Å². The van der Waals surface area contributed by atoms with E-state index >= 15 is 0 Å². The highest BCUT2D eigenvalue weighted by atomic mass is 16.5. The van der Waals surface area contributed by atoms with Gasteiger partial charge >= 0.3 is 0 Å². The van der Waals surface area contributed by atoms with Crippen molar-refractivity contribution in [3.05, 3.63) is 29.6 Å². The van der Waals surface area contributed by atoms with Crippen molar-refractivity contribution in [1.29, 1.82) is 0 Å². The Labute approximate surface area is 108 Å². The maximum Gasteiger partial charge on any atom is 0.0594 e. The Hall–Kier alpha value is -0.970. The summed E-state index contributed by atoms with van der Waals surface area (Å²) >= 11 is 0. The first-order chi connectivity index (χ1) is 8.90. The molecule has 0 unspecified atom stereocenters. The summed E-state index contributed by atoms with van der Waals surface area (Å²) in [6.07, 6.45) is 2.65. The van der Waals surface area contributed by atoms with Crippen molar-refractivity contribution in [1.82, 2.24) is 15.2 Å². The fourth-order valence-electron chi connectivity index (χ4n) is 2.24. The number of nitrogens with one attached hydrogen (secondary N) is 1. The number of morpholine rings is 1. The van der Waals surface area contributed by atoms with E-state index in [0.29, 0.717) is 0 Å². The van der Waals surface area contributed by atoms with Crippen LogP contribution in [0.3, 0.4) is 0 Å². The highest BCUT2D eigenvalue weighted by Gasteiger charge is 2.20. The van der Waals surface area contributed by atoms with Crippen molar-refractivity contribution in [2.75, 3.05) is 26.3 Å². The van der Waals surface area contributed by atoms with Crippen molar-refractivity contribution in [3.8, 4) is 0 Å². The number of hydrogen-bond acceptors (Lipinski definition) is 4. The van der Waals surface area contributed by atoms with Gasteiger partial charge in [0.2, 0.25) is 0 Å². The van der Waals surface area contributed by atoms with Gasteiger partial charge in [0.25, 0.3) is 0 Å². The van der Waals surface area contributed by atoms with Gasteiger partial charge in [-0.15, -0.1) is 0 Å². The summed E-state index contributed by atoms with van der Waals surface area (Å²) in [6.45, 7) is 5.59. The van der Waals surface area contributed by atoms with Crippen molar-refractivity contribution in [3.63, 3.8) is 0 Å². The molecule has 4 nitrogen and oxygen atoms in total. The van der Waals surface area contributed by atoms with Gasteiger partial charge in [0.05, 0.1) is 24.6 Å². The molecule has 1 aromatic heterocycles. The van der Waals surface area contributed by atoms with E-state index in [2.05, 4.69) is 28.4 Å². The molecule has 0 spiro atoms. The van der Waals surface area contributed by atoms with Crippen LogP contribution in [0.25, 0.3) is 0 Å². The largest absolute Gasteiger partial charge is 0.379 e. The molecule has 2 heterocycles. The average molecular weight is 247 g/mol. The maximum atomic E-state index is 5.36. The summed E-state index contributed by atoms with van der Waals surface area (Å²) in [5.74, 6) is 0. The van der Waals surface area contributed by atoms with Gasteiger partial charge in [0, 0.05) is 32.2 Å². The smallest absolute Gasteiger partial charge is 0.0594 e. The van der Waals surface area contributed by atoms with E-state index in [-0.39, 0.29) is 0 Å².